The Morgan fingerprint density at radius 3 is 2.89 bits per heavy atom. The molecule has 0 spiro atoms. The fraction of sp³-hybridized carbons (Fsp3) is 0.357. The quantitative estimate of drug-likeness (QED) is 0.888. The minimum atomic E-state index is -0.170. The van der Waals surface area contributed by atoms with Gasteiger partial charge in [0.1, 0.15) is 5.82 Å². The smallest absolute Gasteiger partial charge is 0.182 e. The molecule has 4 heteroatoms. The third kappa shape index (κ3) is 3.29. The molecular weight excluding hydrogens is 247 g/mol. The summed E-state index contributed by atoms with van der Waals surface area (Å²) in [6.07, 6.45) is 1.85. The number of benzene rings is 1. The molecule has 2 nitrogen and oxygen atoms in total. The largest absolute Gasteiger partial charge is 0.361 e. The second-order valence-electron chi connectivity index (χ2n) is 4.25. The number of hydrogen-bond donors (Lipinski definition) is 1. The van der Waals surface area contributed by atoms with Gasteiger partial charge in [0.2, 0.25) is 0 Å². The number of thiazole rings is 1. The van der Waals surface area contributed by atoms with Crippen LogP contribution in [0.4, 0.5) is 9.52 Å². The van der Waals surface area contributed by atoms with Crippen molar-refractivity contribution in [2.75, 3.05) is 11.9 Å². The van der Waals surface area contributed by atoms with Crippen molar-refractivity contribution in [2.45, 2.75) is 26.7 Å². The first kappa shape index (κ1) is 13.0. The average Bonchev–Trinajstić information content (AvgIpc) is 2.80. The average molecular weight is 264 g/mol. The molecule has 1 heterocycles. The fourth-order valence-corrected chi connectivity index (χ4v) is 2.62. The predicted octanol–water partition coefficient (Wildman–Crippen LogP) is 3.81. The summed E-state index contributed by atoms with van der Waals surface area (Å²) in [5, 5.41) is 6.34. The Labute approximate surface area is 111 Å². The molecule has 18 heavy (non-hydrogen) atoms. The van der Waals surface area contributed by atoms with Gasteiger partial charge in [-0.2, -0.15) is 0 Å². The number of nitrogens with one attached hydrogen (secondary N) is 1. The summed E-state index contributed by atoms with van der Waals surface area (Å²) in [4.78, 5) is 4.44. The molecule has 1 N–H and O–H groups in total. The van der Waals surface area contributed by atoms with Crippen LogP contribution in [-0.4, -0.2) is 11.5 Å². The van der Waals surface area contributed by atoms with Gasteiger partial charge in [-0.05, 0) is 43.0 Å². The van der Waals surface area contributed by atoms with Crippen LogP contribution in [0.25, 0.3) is 0 Å². The monoisotopic (exact) mass is 264 g/mol. The highest BCUT2D eigenvalue weighted by Gasteiger charge is 2.02. The molecule has 2 aromatic rings. The zero-order chi connectivity index (χ0) is 13.0. The zero-order valence-electron chi connectivity index (χ0n) is 10.7. The molecule has 0 fully saturated rings. The highest BCUT2D eigenvalue weighted by Crippen LogP contribution is 2.16. The van der Waals surface area contributed by atoms with Gasteiger partial charge >= 0.3 is 0 Å². The van der Waals surface area contributed by atoms with Crippen LogP contribution in [0.15, 0.2) is 23.6 Å². The maximum Gasteiger partial charge on any atom is 0.182 e. The van der Waals surface area contributed by atoms with Gasteiger partial charge in [0, 0.05) is 11.9 Å². The lowest BCUT2D eigenvalue weighted by atomic mass is 10.1. The maximum atomic E-state index is 13.0. The molecule has 0 radical (unpaired) electrons. The molecule has 0 amide bonds. The van der Waals surface area contributed by atoms with E-state index in [9.17, 15) is 4.39 Å². The number of hydrogen-bond acceptors (Lipinski definition) is 3. The number of nitrogens with zero attached hydrogens (tertiary/aromatic N) is 1. The second-order valence-corrected chi connectivity index (χ2v) is 5.10. The van der Waals surface area contributed by atoms with Gasteiger partial charge in [0.25, 0.3) is 0 Å². The third-order valence-corrected chi connectivity index (χ3v) is 3.74. The lowest BCUT2D eigenvalue weighted by molar-refractivity contribution is 0.625. The van der Waals surface area contributed by atoms with E-state index in [4.69, 9.17) is 0 Å². The normalized spacial score (nSPS) is 10.6. The van der Waals surface area contributed by atoms with Crippen LogP contribution in [0.1, 0.15) is 23.7 Å². The van der Waals surface area contributed by atoms with Crippen LogP contribution in [0.5, 0.6) is 0 Å². The highest BCUT2D eigenvalue weighted by atomic mass is 32.1. The van der Waals surface area contributed by atoms with Crippen molar-refractivity contribution in [1.29, 1.82) is 0 Å². The Balaban J connectivity index is 1.88. The molecule has 0 aliphatic rings. The van der Waals surface area contributed by atoms with Gasteiger partial charge in [-0.1, -0.05) is 13.0 Å². The molecule has 0 saturated heterocycles. The van der Waals surface area contributed by atoms with E-state index in [1.165, 1.54) is 11.6 Å². The summed E-state index contributed by atoms with van der Waals surface area (Å²) in [5.74, 6) is -0.170. The van der Waals surface area contributed by atoms with Gasteiger partial charge in [-0.15, -0.1) is 11.3 Å². The van der Waals surface area contributed by atoms with E-state index in [-0.39, 0.29) is 5.82 Å². The second kappa shape index (κ2) is 5.96. The molecule has 0 atom stereocenters. The number of anilines is 1. The van der Waals surface area contributed by atoms with E-state index in [1.807, 2.05) is 13.0 Å². The minimum Gasteiger partial charge on any atom is -0.361 e. The van der Waals surface area contributed by atoms with Crippen LogP contribution in [-0.2, 0) is 12.8 Å². The number of aromatic nitrogens is 1. The number of halogens is 1. The molecule has 0 bridgehead atoms. The highest BCUT2D eigenvalue weighted by molar-refractivity contribution is 7.13. The van der Waals surface area contributed by atoms with E-state index in [0.717, 1.165) is 35.8 Å². The predicted molar refractivity (Wildman–Crippen MR) is 74.8 cm³/mol. The molecule has 96 valence electrons. The van der Waals surface area contributed by atoms with Crippen molar-refractivity contribution in [3.63, 3.8) is 0 Å². The first-order valence-corrected chi connectivity index (χ1v) is 7.00. The van der Waals surface area contributed by atoms with Crippen molar-refractivity contribution in [3.8, 4) is 0 Å². The van der Waals surface area contributed by atoms with Gasteiger partial charge in [0.05, 0.1) is 5.69 Å². The van der Waals surface area contributed by atoms with Crippen LogP contribution in [0.2, 0.25) is 0 Å². The summed E-state index contributed by atoms with van der Waals surface area (Å²) in [6.45, 7) is 4.86. The Bertz CT molecular complexity index is 522. The van der Waals surface area contributed by atoms with Gasteiger partial charge < -0.3 is 5.32 Å². The molecule has 0 saturated carbocycles. The van der Waals surface area contributed by atoms with E-state index in [0.29, 0.717) is 0 Å². The number of aryl methyl sites for hydroxylation is 2. The minimum absolute atomic E-state index is 0.170. The van der Waals surface area contributed by atoms with Crippen LogP contribution in [0.3, 0.4) is 0 Å². The van der Waals surface area contributed by atoms with Crippen molar-refractivity contribution in [1.82, 2.24) is 4.98 Å². The summed E-state index contributed by atoms with van der Waals surface area (Å²) in [5.41, 5.74) is 3.31. The van der Waals surface area contributed by atoms with Gasteiger partial charge in [0.15, 0.2) is 5.13 Å². The summed E-state index contributed by atoms with van der Waals surface area (Å²) < 4.78 is 13.0. The molecule has 0 aliphatic heterocycles. The van der Waals surface area contributed by atoms with Crippen molar-refractivity contribution < 1.29 is 4.39 Å². The summed E-state index contributed by atoms with van der Waals surface area (Å²) in [7, 11) is 0. The summed E-state index contributed by atoms with van der Waals surface area (Å²) >= 11 is 1.63. The fourth-order valence-electron chi connectivity index (χ4n) is 1.79. The molecule has 2 rings (SSSR count). The Morgan fingerprint density at radius 1 is 1.39 bits per heavy atom. The Hall–Kier alpha value is -1.42. The third-order valence-electron chi connectivity index (χ3n) is 2.89. The van der Waals surface area contributed by atoms with Gasteiger partial charge in [-0.3, -0.25) is 0 Å². The molecule has 1 aromatic carbocycles. The maximum absolute atomic E-state index is 13.0. The lowest BCUT2D eigenvalue weighted by Crippen LogP contribution is -2.05. The van der Waals surface area contributed by atoms with E-state index >= 15 is 0 Å². The Morgan fingerprint density at radius 2 is 2.22 bits per heavy atom. The van der Waals surface area contributed by atoms with Crippen LogP contribution >= 0.6 is 11.3 Å². The topological polar surface area (TPSA) is 24.9 Å². The van der Waals surface area contributed by atoms with Crippen LogP contribution < -0.4 is 5.32 Å². The first-order valence-electron chi connectivity index (χ1n) is 6.12. The van der Waals surface area contributed by atoms with Gasteiger partial charge in [-0.25, -0.2) is 9.37 Å². The van der Waals surface area contributed by atoms with E-state index in [1.54, 1.807) is 17.4 Å². The SMILES string of the molecule is CCc1csc(NCCc2ccc(F)cc2C)n1. The Kier molecular flexibility index (Phi) is 4.31. The van der Waals surface area contributed by atoms with Crippen molar-refractivity contribution in [3.05, 3.63) is 46.2 Å². The van der Waals surface area contributed by atoms with Crippen molar-refractivity contribution >= 4 is 16.5 Å². The van der Waals surface area contributed by atoms with Crippen molar-refractivity contribution in [2.24, 2.45) is 0 Å². The first-order chi connectivity index (χ1) is 8.69. The number of rotatable bonds is 5. The molecule has 0 aliphatic carbocycles. The van der Waals surface area contributed by atoms with E-state index < -0.39 is 0 Å². The lowest BCUT2D eigenvalue weighted by Gasteiger charge is -2.06. The zero-order valence-corrected chi connectivity index (χ0v) is 11.5. The van der Waals surface area contributed by atoms with Crippen LogP contribution in [0, 0.1) is 12.7 Å². The standard InChI is InChI=1S/C14H17FN2S/c1-3-13-9-18-14(17-13)16-7-6-11-4-5-12(15)8-10(11)2/h4-5,8-9H,3,6-7H2,1-2H3,(H,16,17). The summed E-state index contributed by atoms with van der Waals surface area (Å²) in [6, 6.07) is 4.94. The van der Waals surface area contributed by atoms with E-state index in [2.05, 4.69) is 22.6 Å². The molecule has 1 aromatic heterocycles. The molecular formula is C14H17FN2S. The molecule has 0 unspecified atom stereocenters.